The van der Waals surface area contributed by atoms with Crippen molar-refractivity contribution < 1.29 is 17.9 Å². The van der Waals surface area contributed by atoms with E-state index in [0.29, 0.717) is 4.47 Å². The van der Waals surface area contributed by atoms with E-state index in [1.807, 2.05) is 0 Å². The van der Waals surface area contributed by atoms with Crippen molar-refractivity contribution in [3.05, 3.63) is 28.7 Å². The minimum atomic E-state index is -3.71. The number of carbonyl (C=O) groups excluding carboxylic acids is 1. The van der Waals surface area contributed by atoms with Gasteiger partial charge in [0.25, 0.3) is 0 Å². The fourth-order valence-corrected chi connectivity index (χ4v) is 3.52. The minimum absolute atomic E-state index is 0.0977. The van der Waals surface area contributed by atoms with Crippen molar-refractivity contribution in [2.45, 2.75) is 24.0 Å². The lowest BCUT2D eigenvalue weighted by molar-refractivity contribution is -0.142. The molecule has 0 N–H and O–H groups in total. The first-order valence-corrected chi connectivity index (χ1v) is 7.40. The first-order valence-electron chi connectivity index (χ1n) is 5.06. The van der Waals surface area contributed by atoms with Crippen LogP contribution in [0.25, 0.3) is 0 Å². The van der Waals surface area contributed by atoms with Crippen LogP contribution in [0.4, 0.5) is 0 Å². The first-order chi connectivity index (χ1) is 7.91. The molecule has 0 amide bonds. The summed E-state index contributed by atoms with van der Waals surface area (Å²) in [6.07, 6.45) is 0. The van der Waals surface area contributed by atoms with Gasteiger partial charge in [-0.15, -0.1) is 0 Å². The van der Waals surface area contributed by atoms with E-state index >= 15 is 0 Å². The Kier molecular flexibility index (Phi) is 4.70. The van der Waals surface area contributed by atoms with Crippen LogP contribution in [-0.4, -0.2) is 26.2 Å². The number of hydrogen-bond donors (Lipinski definition) is 0. The predicted molar refractivity (Wildman–Crippen MR) is 67.4 cm³/mol. The van der Waals surface area contributed by atoms with E-state index in [2.05, 4.69) is 15.9 Å². The Balaban J connectivity index is 3.12. The molecule has 0 saturated carbocycles. The molecule has 0 fully saturated rings. The number of ether oxygens (including phenoxy) is 1. The number of rotatable bonds is 4. The van der Waals surface area contributed by atoms with Crippen LogP contribution in [0, 0.1) is 0 Å². The van der Waals surface area contributed by atoms with Crippen molar-refractivity contribution in [1.82, 2.24) is 0 Å². The van der Waals surface area contributed by atoms with Gasteiger partial charge in [-0.05, 0) is 41.9 Å². The molecule has 1 rings (SSSR count). The second-order valence-electron chi connectivity index (χ2n) is 3.37. The Morgan fingerprint density at radius 1 is 1.41 bits per heavy atom. The second-order valence-corrected chi connectivity index (χ2v) is 6.46. The quantitative estimate of drug-likeness (QED) is 0.798. The molecule has 0 aromatic heterocycles. The molecule has 0 aliphatic heterocycles. The molecule has 1 unspecified atom stereocenters. The van der Waals surface area contributed by atoms with Crippen molar-refractivity contribution in [3.63, 3.8) is 0 Å². The molecule has 17 heavy (non-hydrogen) atoms. The van der Waals surface area contributed by atoms with Crippen molar-refractivity contribution in [2.24, 2.45) is 0 Å². The van der Waals surface area contributed by atoms with Gasteiger partial charge in [0.15, 0.2) is 15.1 Å². The van der Waals surface area contributed by atoms with Crippen molar-refractivity contribution >= 4 is 31.7 Å². The monoisotopic (exact) mass is 320 g/mol. The molecule has 94 valence electrons. The standard InChI is InChI=1S/C11H13BrO4S/c1-3-16-11(13)8(2)17(14,15)10-7-5-4-6-9(10)12/h4-8H,3H2,1-2H3. The third kappa shape index (κ3) is 3.07. The third-order valence-electron chi connectivity index (χ3n) is 2.23. The first kappa shape index (κ1) is 14.2. The highest BCUT2D eigenvalue weighted by molar-refractivity contribution is 9.10. The van der Waals surface area contributed by atoms with E-state index in [4.69, 9.17) is 4.74 Å². The van der Waals surface area contributed by atoms with E-state index < -0.39 is 21.1 Å². The molecule has 0 spiro atoms. The highest BCUT2D eigenvalue weighted by Crippen LogP contribution is 2.25. The molecule has 0 aliphatic rings. The molecular formula is C11H13BrO4S. The van der Waals surface area contributed by atoms with Crippen molar-refractivity contribution in [1.29, 1.82) is 0 Å². The minimum Gasteiger partial charge on any atom is -0.465 e. The van der Waals surface area contributed by atoms with Crippen LogP contribution in [0.15, 0.2) is 33.6 Å². The maximum absolute atomic E-state index is 12.1. The number of halogens is 1. The zero-order chi connectivity index (χ0) is 13.1. The molecule has 0 saturated heterocycles. The molecule has 1 aromatic carbocycles. The van der Waals surface area contributed by atoms with Crippen LogP contribution in [0.1, 0.15) is 13.8 Å². The van der Waals surface area contributed by atoms with E-state index in [9.17, 15) is 13.2 Å². The summed E-state index contributed by atoms with van der Waals surface area (Å²) >= 11 is 3.16. The van der Waals surface area contributed by atoms with Crippen LogP contribution < -0.4 is 0 Å². The molecule has 1 aromatic rings. The number of benzene rings is 1. The summed E-state index contributed by atoms with van der Waals surface area (Å²) in [6, 6.07) is 6.38. The third-order valence-corrected chi connectivity index (χ3v) is 5.27. The summed E-state index contributed by atoms with van der Waals surface area (Å²) in [4.78, 5) is 11.6. The van der Waals surface area contributed by atoms with Crippen molar-refractivity contribution in [3.8, 4) is 0 Å². The summed E-state index contributed by atoms with van der Waals surface area (Å²) < 4.78 is 29.4. The lowest BCUT2D eigenvalue weighted by atomic mass is 10.4. The summed E-state index contributed by atoms with van der Waals surface area (Å²) in [5, 5.41) is -1.21. The Bertz CT molecular complexity index is 510. The van der Waals surface area contributed by atoms with Gasteiger partial charge in [0.2, 0.25) is 0 Å². The molecule has 0 aliphatic carbocycles. The Hall–Kier alpha value is -0.880. The van der Waals surface area contributed by atoms with Gasteiger partial charge in [-0.3, -0.25) is 4.79 Å². The predicted octanol–water partition coefficient (Wildman–Crippen LogP) is 2.17. The Labute approximate surface area is 109 Å². The molecule has 4 nitrogen and oxygen atoms in total. The van der Waals surface area contributed by atoms with Gasteiger partial charge < -0.3 is 4.74 Å². The smallest absolute Gasteiger partial charge is 0.324 e. The molecule has 0 heterocycles. The maximum atomic E-state index is 12.1. The topological polar surface area (TPSA) is 60.4 Å². The summed E-state index contributed by atoms with van der Waals surface area (Å²) in [5.41, 5.74) is 0. The van der Waals surface area contributed by atoms with Gasteiger partial charge in [0, 0.05) is 4.47 Å². The van der Waals surface area contributed by atoms with Gasteiger partial charge in [-0.25, -0.2) is 8.42 Å². The van der Waals surface area contributed by atoms with Gasteiger partial charge in [-0.1, -0.05) is 12.1 Å². The second kappa shape index (κ2) is 5.64. The SMILES string of the molecule is CCOC(=O)C(C)S(=O)(=O)c1ccccc1Br. The number of esters is 1. The van der Waals surface area contributed by atoms with Crippen molar-refractivity contribution in [2.75, 3.05) is 6.61 Å². The van der Waals surface area contributed by atoms with E-state index in [1.54, 1.807) is 25.1 Å². The fraction of sp³-hybridized carbons (Fsp3) is 0.364. The average Bonchev–Trinajstić information content (AvgIpc) is 2.28. The van der Waals surface area contributed by atoms with Crippen LogP contribution in [-0.2, 0) is 19.4 Å². The normalized spacial score (nSPS) is 13.1. The summed E-state index contributed by atoms with van der Waals surface area (Å²) in [5.74, 6) is -0.733. The van der Waals surface area contributed by atoms with E-state index in [1.165, 1.54) is 13.0 Å². The average molecular weight is 321 g/mol. The lowest BCUT2D eigenvalue weighted by Gasteiger charge is -2.12. The lowest BCUT2D eigenvalue weighted by Crippen LogP contribution is -2.29. The number of carbonyl (C=O) groups is 1. The van der Waals surface area contributed by atoms with E-state index in [0.717, 1.165) is 0 Å². The van der Waals surface area contributed by atoms with Gasteiger partial charge in [0.1, 0.15) is 0 Å². The van der Waals surface area contributed by atoms with Crippen LogP contribution in [0.5, 0.6) is 0 Å². The number of hydrogen-bond acceptors (Lipinski definition) is 4. The van der Waals surface area contributed by atoms with Gasteiger partial charge >= 0.3 is 5.97 Å². The molecule has 0 bridgehead atoms. The van der Waals surface area contributed by atoms with Gasteiger partial charge in [-0.2, -0.15) is 0 Å². The largest absolute Gasteiger partial charge is 0.465 e. The molecule has 6 heteroatoms. The Morgan fingerprint density at radius 3 is 2.53 bits per heavy atom. The summed E-state index contributed by atoms with van der Waals surface area (Å²) in [7, 11) is -3.71. The highest BCUT2D eigenvalue weighted by Gasteiger charge is 2.32. The van der Waals surface area contributed by atoms with Crippen LogP contribution in [0.3, 0.4) is 0 Å². The molecule has 0 radical (unpaired) electrons. The highest BCUT2D eigenvalue weighted by atomic mass is 79.9. The zero-order valence-electron chi connectivity index (χ0n) is 9.51. The number of sulfone groups is 1. The van der Waals surface area contributed by atoms with Gasteiger partial charge in [0.05, 0.1) is 11.5 Å². The fourth-order valence-electron chi connectivity index (χ4n) is 1.25. The Morgan fingerprint density at radius 2 is 2.00 bits per heavy atom. The van der Waals surface area contributed by atoms with Crippen LogP contribution >= 0.6 is 15.9 Å². The van der Waals surface area contributed by atoms with Crippen LogP contribution in [0.2, 0.25) is 0 Å². The van der Waals surface area contributed by atoms with E-state index in [-0.39, 0.29) is 11.5 Å². The maximum Gasteiger partial charge on any atom is 0.324 e. The summed E-state index contributed by atoms with van der Waals surface area (Å²) in [6.45, 7) is 3.12. The molecule has 1 atom stereocenters. The molecular weight excluding hydrogens is 308 g/mol. The zero-order valence-corrected chi connectivity index (χ0v) is 11.9.